The SMILES string of the molecule is O=C(Cc1csc(N2CCCC2=O)n1)Nc1cc(Cl)ccc1Oc1ccccc1. The number of amides is 2. The maximum Gasteiger partial charge on any atom is 0.230 e. The maximum absolute atomic E-state index is 12.6. The van der Waals surface area contributed by atoms with Crippen LogP contribution in [0.4, 0.5) is 10.8 Å². The molecule has 0 radical (unpaired) electrons. The molecule has 0 bridgehead atoms. The number of rotatable bonds is 6. The predicted octanol–water partition coefficient (Wildman–Crippen LogP) is 4.90. The first kappa shape index (κ1) is 19.4. The largest absolute Gasteiger partial charge is 0.455 e. The number of aromatic nitrogens is 1. The Balaban J connectivity index is 1.45. The van der Waals surface area contributed by atoms with E-state index >= 15 is 0 Å². The van der Waals surface area contributed by atoms with Gasteiger partial charge in [0, 0.05) is 23.4 Å². The number of para-hydroxylation sites is 1. The van der Waals surface area contributed by atoms with Crippen molar-refractivity contribution in [2.75, 3.05) is 16.8 Å². The van der Waals surface area contributed by atoms with Crippen molar-refractivity contribution in [2.45, 2.75) is 19.3 Å². The first-order valence-corrected chi connectivity index (χ1v) is 10.4. The molecule has 1 aliphatic heterocycles. The quantitative estimate of drug-likeness (QED) is 0.607. The normalized spacial score (nSPS) is 13.6. The molecule has 1 aliphatic rings. The number of ether oxygens (including phenoxy) is 1. The van der Waals surface area contributed by atoms with Gasteiger partial charge in [0.25, 0.3) is 0 Å². The van der Waals surface area contributed by atoms with Gasteiger partial charge in [0.1, 0.15) is 5.75 Å². The van der Waals surface area contributed by atoms with Gasteiger partial charge < -0.3 is 10.1 Å². The van der Waals surface area contributed by atoms with Gasteiger partial charge in [-0.3, -0.25) is 14.5 Å². The molecule has 6 nitrogen and oxygen atoms in total. The molecule has 2 heterocycles. The second-order valence-electron chi connectivity index (χ2n) is 6.55. The van der Waals surface area contributed by atoms with Crippen LogP contribution in [0.15, 0.2) is 53.9 Å². The van der Waals surface area contributed by atoms with Crippen molar-refractivity contribution in [1.29, 1.82) is 0 Å². The van der Waals surface area contributed by atoms with Crippen molar-refractivity contribution < 1.29 is 14.3 Å². The van der Waals surface area contributed by atoms with E-state index in [0.29, 0.717) is 46.0 Å². The lowest BCUT2D eigenvalue weighted by Crippen LogP contribution is -2.23. The lowest BCUT2D eigenvalue weighted by molar-refractivity contribution is -0.117. The molecule has 1 aromatic heterocycles. The average Bonchev–Trinajstić information content (AvgIpc) is 3.33. The highest BCUT2D eigenvalue weighted by Gasteiger charge is 2.24. The van der Waals surface area contributed by atoms with E-state index in [-0.39, 0.29) is 18.2 Å². The fraction of sp³-hybridized carbons (Fsp3) is 0.190. The molecule has 4 rings (SSSR count). The summed E-state index contributed by atoms with van der Waals surface area (Å²) in [5, 5.41) is 5.78. The molecule has 29 heavy (non-hydrogen) atoms. The number of anilines is 2. The number of hydrogen-bond donors (Lipinski definition) is 1. The van der Waals surface area contributed by atoms with Crippen LogP contribution in [0, 0.1) is 0 Å². The minimum Gasteiger partial charge on any atom is -0.455 e. The zero-order chi connectivity index (χ0) is 20.2. The van der Waals surface area contributed by atoms with Crippen LogP contribution in [-0.2, 0) is 16.0 Å². The average molecular weight is 428 g/mol. The minimum absolute atomic E-state index is 0.0805. The van der Waals surface area contributed by atoms with E-state index in [1.54, 1.807) is 28.5 Å². The molecule has 0 saturated carbocycles. The minimum atomic E-state index is -0.241. The number of carbonyl (C=O) groups is 2. The van der Waals surface area contributed by atoms with Crippen LogP contribution in [0.3, 0.4) is 0 Å². The van der Waals surface area contributed by atoms with E-state index in [0.717, 1.165) is 6.42 Å². The molecule has 1 N–H and O–H groups in total. The van der Waals surface area contributed by atoms with Gasteiger partial charge in [-0.15, -0.1) is 11.3 Å². The predicted molar refractivity (Wildman–Crippen MR) is 114 cm³/mol. The lowest BCUT2D eigenvalue weighted by Gasteiger charge is -2.13. The molecular formula is C21H18ClN3O3S. The number of carbonyl (C=O) groups excluding carboxylic acids is 2. The van der Waals surface area contributed by atoms with Crippen LogP contribution in [0.25, 0.3) is 0 Å². The standard InChI is InChI=1S/C21H18ClN3O3S/c22-14-8-9-18(28-16-5-2-1-3-6-16)17(11-14)24-19(26)12-15-13-29-21(23-15)25-10-4-7-20(25)27/h1-3,5-6,8-9,11,13H,4,7,10,12H2,(H,24,26). The summed E-state index contributed by atoms with van der Waals surface area (Å²) in [6.07, 6.45) is 1.48. The third kappa shape index (κ3) is 4.75. The third-order valence-corrected chi connectivity index (χ3v) is 5.52. The van der Waals surface area contributed by atoms with E-state index in [1.165, 1.54) is 11.3 Å². The molecule has 0 unspecified atom stereocenters. The molecule has 1 saturated heterocycles. The summed E-state index contributed by atoms with van der Waals surface area (Å²) in [5.41, 5.74) is 1.10. The van der Waals surface area contributed by atoms with Gasteiger partial charge in [-0.25, -0.2) is 4.98 Å². The molecule has 8 heteroatoms. The molecule has 0 atom stereocenters. The van der Waals surface area contributed by atoms with E-state index in [2.05, 4.69) is 10.3 Å². The van der Waals surface area contributed by atoms with Crippen molar-refractivity contribution in [3.8, 4) is 11.5 Å². The van der Waals surface area contributed by atoms with E-state index in [9.17, 15) is 9.59 Å². The Morgan fingerprint density at radius 1 is 1.24 bits per heavy atom. The van der Waals surface area contributed by atoms with Crippen LogP contribution in [0.1, 0.15) is 18.5 Å². The number of hydrogen-bond acceptors (Lipinski definition) is 5. The number of nitrogens with one attached hydrogen (secondary N) is 1. The molecule has 2 aromatic carbocycles. The number of benzene rings is 2. The number of nitrogens with zero attached hydrogens (tertiary/aromatic N) is 2. The monoisotopic (exact) mass is 427 g/mol. The number of halogens is 1. The Morgan fingerprint density at radius 3 is 2.83 bits per heavy atom. The van der Waals surface area contributed by atoms with Gasteiger partial charge in [-0.2, -0.15) is 0 Å². The summed E-state index contributed by atoms with van der Waals surface area (Å²) in [6, 6.07) is 14.4. The molecular weight excluding hydrogens is 410 g/mol. The Kier molecular flexibility index (Phi) is 5.78. The molecule has 0 spiro atoms. The highest BCUT2D eigenvalue weighted by molar-refractivity contribution is 7.14. The van der Waals surface area contributed by atoms with Crippen LogP contribution >= 0.6 is 22.9 Å². The molecule has 2 amide bonds. The van der Waals surface area contributed by atoms with Crippen molar-refractivity contribution in [3.63, 3.8) is 0 Å². The van der Waals surface area contributed by atoms with Crippen LogP contribution in [0.2, 0.25) is 5.02 Å². The first-order valence-electron chi connectivity index (χ1n) is 9.15. The molecule has 1 fully saturated rings. The third-order valence-electron chi connectivity index (χ3n) is 4.37. The maximum atomic E-state index is 12.6. The Bertz CT molecular complexity index is 1040. The summed E-state index contributed by atoms with van der Waals surface area (Å²) < 4.78 is 5.87. The van der Waals surface area contributed by atoms with Crippen LogP contribution in [-0.4, -0.2) is 23.3 Å². The Hall–Kier alpha value is -2.90. The lowest BCUT2D eigenvalue weighted by atomic mass is 10.2. The summed E-state index contributed by atoms with van der Waals surface area (Å²) in [7, 11) is 0. The number of thiazole rings is 1. The smallest absolute Gasteiger partial charge is 0.230 e. The molecule has 3 aromatic rings. The van der Waals surface area contributed by atoms with Gasteiger partial charge >= 0.3 is 0 Å². The van der Waals surface area contributed by atoms with Crippen molar-refractivity contribution in [2.24, 2.45) is 0 Å². The second kappa shape index (κ2) is 8.63. The fourth-order valence-electron chi connectivity index (χ4n) is 3.02. The Morgan fingerprint density at radius 2 is 2.07 bits per heavy atom. The molecule has 148 valence electrons. The second-order valence-corrected chi connectivity index (χ2v) is 7.82. The van der Waals surface area contributed by atoms with Crippen molar-refractivity contribution >= 4 is 45.6 Å². The van der Waals surface area contributed by atoms with Crippen molar-refractivity contribution in [1.82, 2.24) is 4.98 Å². The zero-order valence-electron chi connectivity index (χ0n) is 15.4. The topological polar surface area (TPSA) is 71.5 Å². The van der Waals surface area contributed by atoms with E-state index in [1.807, 2.05) is 30.3 Å². The Labute approximate surface area is 177 Å². The highest BCUT2D eigenvalue weighted by atomic mass is 35.5. The van der Waals surface area contributed by atoms with Gasteiger partial charge in [-0.1, -0.05) is 29.8 Å². The summed E-state index contributed by atoms with van der Waals surface area (Å²) in [4.78, 5) is 30.5. The first-order chi connectivity index (χ1) is 14.1. The van der Waals surface area contributed by atoms with Gasteiger partial charge in [0.2, 0.25) is 11.8 Å². The zero-order valence-corrected chi connectivity index (χ0v) is 17.0. The summed E-state index contributed by atoms with van der Waals surface area (Å²) >= 11 is 7.47. The van der Waals surface area contributed by atoms with Gasteiger partial charge in [-0.05, 0) is 36.8 Å². The molecule has 0 aliphatic carbocycles. The van der Waals surface area contributed by atoms with E-state index in [4.69, 9.17) is 16.3 Å². The van der Waals surface area contributed by atoms with Crippen molar-refractivity contribution in [3.05, 3.63) is 64.6 Å². The van der Waals surface area contributed by atoms with E-state index < -0.39 is 0 Å². The van der Waals surface area contributed by atoms with Crippen LogP contribution in [0.5, 0.6) is 11.5 Å². The fourth-order valence-corrected chi connectivity index (χ4v) is 4.06. The van der Waals surface area contributed by atoms with Crippen LogP contribution < -0.4 is 15.0 Å². The summed E-state index contributed by atoms with van der Waals surface area (Å²) in [5.74, 6) is 0.993. The van der Waals surface area contributed by atoms with Gasteiger partial charge in [0.15, 0.2) is 10.9 Å². The summed E-state index contributed by atoms with van der Waals surface area (Å²) in [6.45, 7) is 0.681. The highest BCUT2D eigenvalue weighted by Crippen LogP contribution is 2.32. The van der Waals surface area contributed by atoms with Gasteiger partial charge in [0.05, 0.1) is 17.8 Å².